The van der Waals surface area contributed by atoms with E-state index in [9.17, 15) is 4.79 Å². The molecule has 0 radical (unpaired) electrons. The van der Waals surface area contributed by atoms with Crippen LogP contribution in [-0.4, -0.2) is 69.5 Å². The van der Waals surface area contributed by atoms with Gasteiger partial charge in [0.05, 0.1) is 0 Å². The quantitative estimate of drug-likeness (QED) is 0.142. The monoisotopic (exact) mass is 534 g/mol. The number of likely N-dealkylation sites (N-methyl/N-ethyl adjacent to an activating group) is 1. The molecule has 2 rings (SSSR count). The van der Waals surface area contributed by atoms with Crippen molar-refractivity contribution in [2.45, 2.75) is 31.1 Å². The fraction of sp³-hybridized carbons (Fsp3) is 0.619. The molecular weight excluding hydrogens is 499 g/mol. The number of hydrogen-bond donors (Lipinski definition) is 2. The maximum Gasteiger partial charge on any atom is 0.243 e. The van der Waals surface area contributed by atoms with Crippen molar-refractivity contribution in [3.63, 3.8) is 0 Å². The first kappa shape index (κ1) is 26.0. The molecule has 0 saturated heterocycles. The lowest BCUT2D eigenvalue weighted by atomic mass is 10.0. The molecule has 2 N–H and O–H groups in total. The van der Waals surface area contributed by atoms with Crippen molar-refractivity contribution in [3.05, 3.63) is 30.3 Å². The smallest absolute Gasteiger partial charge is 0.243 e. The molecule has 0 heterocycles. The largest absolute Gasteiger partial charge is 0.382 e. The molecule has 29 heavy (non-hydrogen) atoms. The van der Waals surface area contributed by atoms with Gasteiger partial charge in [-0.25, -0.2) is 4.99 Å². The number of aliphatic imine (C=N–C) groups is 1. The summed E-state index contributed by atoms with van der Waals surface area (Å²) in [6, 6.07) is 10.4. The van der Waals surface area contributed by atoms with Crippen molar-refractivity contribution < 1.29 is 9.53 Å². The molecule has 0 bridgehead atoms. The lowest BCUT2D eigenvalue weighted by Gasteiger charge is -2.19. The number of halogens is 1. The SMILES string of the molecule is CCOCCC1(CNC(=NCC(=O)N(C)C)NCCSc2ccccc2)CC1.I. The number of guanidine groups is 1. The van der Waals surface area contributed by atoms with E-state index in [4.69, 9.17) is 4.74 Å². The van der Waals surface area contributed by atoms with Gasteiger partial charge in [0.1, 0.15) is 6.54 Å². The summed E-state index contributed by atoms with van der Waals surface area (Å²) >= 11 is 1.80. The highest BCUT2D eigenvalue weighted by molar-refractivity contribution is 14.0. The molecule has 1 aliphatic carbocycles. The van der Waals surface area contributed by atoms with E-state index < -0.39 is 0 Å². The molecule has 0 spiro atoms. The van der Waals surface area contributed by atoms with E-state index >= 15 is 0 Å². The van der Waals surface area contributed by atoms with Crippen LogP contribution < -0.4 is 10.6 Å². The van der Waals surface area contributed by atoms with E-state index in [1.165, 1.54) is 17.7 Å². The van der Waals surface area contributed by atoms with Crippen LogP contribution in [0.1, 0.15) is 26.2 Å². The Labute approximate surface area is 196 Å². The Morgan fingerprint density at radius 1 is 1.24 bits per heavy atom. The van der Waals surface area contributed by atoms with Crippen LogP contribution in [-0.2, 0) is 9.53 Å². The van der Waals surface area contributed by atoms with Gasteiger partial charge in [-0.1, -0.05) is 18.2 Å². The molecule has 0 aliphatic heterocycles. The summed E-state index contributed by atoms with van der Waals surface area (Å²) < 4.78 is 5.52. The molecule has 0 aromatic heterocycles. The fourth-order valence-electron chi connectivity index (χ4n) is 2.71. The second kappa shape index (κ2) is 14.1. The normalized spacial score (nSPS) is 14.7. The summed E-state index contributed by atoms with van der Waals surface area (Å²) in [7, 11) is 3.50. The number of thioether (sulfide) groups is 1. The van der Waals surface area contributed by atoms with Gasteiger partial charge in [-0.05, 0) is 43.7 Å². The van der Waals surface area contributed by atoms with Crippen molar-refractivity contribution in [2.24, 2.45) is 10.4 Å². The Balaban J connectivity index is 0.00000420. The molecule has 6 nitrogen and oxygen atoms in total. The lowest BCUT2D eigenvalue weighted by Crippen LogP contribution is -2.42. The van der Waals surface area contributed by atoms with Gasteiger partial charge in [0, 0.05) is 51.0 Å². The average molecular weight is 535 g/mol. The Morgan fingerprint density at radius 2 is 1.97 bits per heavy atom. The number of carbonyl (C=O) groups excluding carboxylic acids is 1. The first-order valence-corrected chi connectivity index (χ1v) is 11.0. The van der Waals surface area contributed by atoms with E-state index in [0.29, 0.717) is 11.4 Å². The molecule has 8 heteroatoms. The second-order valence-electron chi connectivity index (χ2n) is 7.34. The minimum atomic E-state index is -0.00255. The first-order valence-electron chi connectivity index (χ1n) is 10.0. The van der Waals surface area contributed by atoms with Crippen LogP contribution in [0.2, 0.25) is 0 Å². The zero-order valence-corrected chi connectivity index (χ0v) is 20.9. The fourth-order valence-corrected chi connectivity index (χ4v) is 3.50. The first-order chi connectivity index (χ1) is 13.5. The molecule has 1 amide bonds. The number of nitrogens with one attached hydrogen (secondary N) is 2. The third-order valence-corrected chi connectivity index (χ3v) is 5.86. The predicted octanol–water partition coefficient (Wildman–Crippen LogP) is 3.23. The van der Waals surface area contributed by atoms with Crippen molar-refractivity contribution >= 4 is 47.6 Å². The molecule has 1 saturated carbocycles. The molecule has 1 aromatic rings. The summed E-state index contributed by atoms with van der Waals surface area (Å²) in [4.78, 5) is 19.2. The maximum absolute atomic E-state index is 11.9. The third kappa shape index (κ3) is 10.5. The topological polar surface area (TPSA) is 66.0 Å². The van der Waals surface area contributed by atoms with Crippen molar-refractivity contribution in [1.82, 2.24) is 15.5 Å². The summed E-state index contributed by atoms with van der Waals surface area (Å²) in [6.07, 6.45) is 3.52. The Hall–Kier alpha value is -1.000. The number of carbonyl (C=O) groups is 1. The summed E-state index contributed by atoms with van der Waals surface area (Å²) in [6.45, 7) is 5.41. The van der Waals surface area contributed by atoms with E-state index in [0.717, 1.165) is 38.5 Å². The predicted molar refractivity (Wildman–Crippen MR) is 132 cm³/mol. The van der Waals surface area contributed by atoms with Gasteiger partial charge in [-0.2, -0.15) is 0 Å². The van der Waals surface area contributed by atoms with E-state index in [1.807, 2.05) is 13.0 Å². The van der Waals surface area contributed by atoms with Gasteiger partial charge >= 0.3 is 0 Å². The number of nitrogens with zero attached hydrogens (tertiary/aromatic N) is 2. The number of amides is 1. The highest BCUT2D eigenvalue weighted by Crippen LogP contribution is 2.48. The molecular formula is C21H35IN4O2S. The van der Waals surface area contributed by atoms with Gasteiger partial charge in [-0.3, -0.25) is 4.79 Å². The molecule has 1 aromatic carbocycles. The van der Waals surface area contributed by atoms with Crippen LogP contribution in [0.3, 0.4) is 0 Å². The average Bonchev–Trinajstić information content (AvgIpc) is 3.47. The van der Waals surface area contributed by atoms with Gasteiger partial charge in [0.2, 0.25) is 5.91 Å². The number of ether oxygens (including phenoxy) is 1. The van der Waals surface area contributed by atoms with Gasteiger partial charge in [-0.15, -0.1) is 35.7 Å². The molecule has 164 valence electrons. The van der Waals surface area contributed by atoms with Crippen LogP contribution in [0, 0.1) is 5.41 Å². The second-order valence-corrected chi connectivity index (χ2v) is 8.51. The lowest BCUT2D eigenvalue weighted by molar-refractivity contribution is -0.127. The van der Waals surface area contributed by atoms with Crippen LogP contribution >= 0.6 is 35.7 Å². The molecule has 1 aliphatic rings. The summed E-state index contributed by atoms with van der Waals surface area (Å²) in [5.74, 6) is 1.64. The molecule has 0 unspecified atom stereocenters. The highest BCUT2D eigenvalue weighted by Gasteiger charge is 2.41. The highest BCUT2D eigenvalue weighted by atomic mass is 127. The standard InChI is InChI=1S/C21H34N4O2S.HI/c1-4-27-14-12-21(10-11-21)17-24-20(23-16-19(26)25(2)3)22-13-15-28-18-8-6-5-7-9-18;/h5-9H,4,10-17H2,1-3H3,(H2,22,23,24);1H. The Bertz CT molecular complexity index is 624. The molecule has 0 atom stereocenters. The van der Waals surface area contributed by atoms with Crippen molar-refractivity contribution in [3.8, 4) is 0 Å². The van der Waals surface area contributed by atoms with Crippen LogP contribution in [0.25, 0.3) is 0 Å². The zero-order chi connectivity index (χ0) is 20.2. The Kier molecular flexibility index (Phi) is 12.6. The minimum absolute atomic E-state index is 0. The maximum atomic E-state index is 11.9. The number of benzene rings is 1. The minimum Gasteiger partial charge on any atom is -0.382 e. The van der Waals surface area contributed by atoms with E-state index in [-0.39, 0.29) is 36.4 Å². The third-order valence-electron chi connectivity index (χ3n) is 4.85. The van der Waals surface area contributed by atoms with Crippen LogP contribution in [0.4, 0.5) is 0 Å². The van der Waals surface area contributed by atoms with E-state index in [1.54, 1.807) is 30.8 Å². The summed E-state index contributed by atoms with van der Waals surface area (Å²) in [5.41, 5.74) is 0.321. The van der Waals surface area contributed by atoms with Gasteiger partial charge < -0.3 is 20.3 Å². The van der Waals surface area contributed by atoms with Gasteiger partial charge in [0.15, 0.2) is 5.96 Å². The van der Waals surface area contributed by atoms with Crippen LogP contribution in [0.15, 0.2) is 40.2 Å². The van der Waals surface area contributed by atoms with Crippen LogP contribution in [0.5, 0.6) is 0 Å². The van der Waals surface area contributed by atoms with Crippen molar-refractivity contribution in [1.29, 1.82) is 0 Å². The summed E-state index contributed by atoms with van der Waals surface area (Å²) in [5, 5.41) is 6.81. The zero-order valence-electron chi connectivity index (χ0n) is 17.8. The van der Waals surface area contributed by atoms with Gasteiger partial charge in [0.25, 0.3) is 0 Å². The molecule has 1 fully saturated rings. The number of rotatable bonds is 12. The Morgan fingerprint density at radius 3 is 2.59 bits per heavy atom. The van der Waals surface area contributed by atoms with Crippen molar-refractivity contribution in [2.75, 3.05) is 52.7 Å². The number of hydrogen-bond acceptors (Lipinski definition) is 4. The van der Waals surface area contributed by atoms with E-state index in [2.05, 4.69) is 39.9 Å².